The molecule has 1 fully saturated rings. The van der Waals surface area contributed by atoms with Gasteiger partial charge in [0.2, 0.25) is 0 Å². The Bertz CT molecular complexity index is 917. The van der Waals surface area contributed by atoms with Gasteiger partial charge in [-0.05, 0) is 43.0 Å². The SMILES string of the molecule is NSc1ccc(-c2nn(C3CCCOC3)c3cc[nH]c(=O)c23)cc1.O.O. The molecular formula is C17H22N4O4S. The van der Waals surface area contributed by atoms with Gasteiger partial charge >= 0.3 is 0 Å². The van der Waals surface area contributed by atoms with Gasteiger partial charge in [0, 0.05) is 23.3 Å². The molecule has 1 atom stereocenters. The fourth-order valence-corrected chi connectivity index (χ4v) is 3.48. The lowest BCUT2D eigenvalue weighted by molar-refractivity contribution is 0.0566. The Kier molecular flexibility index (Phi) is 6.57. The number of aromatic amines is 1. The van der Waals surface area contributed by atoms with Crippen LogP contribution in [0.2, 0.25) is 0 Å². The minimum Gasteiger partial charge on any atom is -0.412 e. The third-order valence-corrected chi connectivity index (χ3v) is 4.92. The van der Waals surface area contributed by atoms with Gasteiger partial charge in [0.05, 0.1) is 23.6 Å². The average molecular weight is 378 g/mol. The maximum atomic E-state index is 12.4. The second-order valence-electron chi connectivity index (χ2n) is 5.87. The van der Waals surface area contributed by atoms with Crippen LogP contribution in [0.15, 0.2) is 46.2 Å². The summed E-state index contributed by atoms with van der Waals surface area (Å²) in [7, 11) is 0. The lowest BCUT2D eigenvalue weighted by Crippen LogP contribution is -2.22. The van der Waals surface area contributed by atoms with E-state index in [0.717, 1.165) is 35.4 Å². The summed E-state index contributed by atoms with van der Waals surface area (Å²) in [6.45, 7) is 1.42. The van der Waals surface area contributed by atoms with Crippen molar-refractivity contribution in [3.05, 3.63) is 46.9 Å². The maximum absolute atomic E-state index is 12.4. The van der Waals surface area contributed by atoms with Crippen LogP contribution >= 0.6 is 11.9 Å². The predicted octanol–water partition coefficient (Wildman–Crippen LogP) is 1.06. The molecule has 0 saturated carbocycles. The molecule has 4 rings (SSSR count). The Morgan fingerprint density at radius 2 is 2.00 bits per heavy atom. The molecule has 0 radical (unpaired) electrons. The summed E-state index contributed by atoms with van der Waals surface area (Å²) >= 11 is 1.20. The van der Waals surface area contributed by atoms with Crippen molar-refractivity contribution < 1.29 is 15.7 Å². The summed E-state index contributed by atoms with van der Waals surface area (Å²) in [5.74, 6) is 0. The zero-order valence-corrected chi connectivity index (χ0v) is 14.9. The zero-order chi connectivity index (χ0) is 16.5. The van der Waals surface area contributed by atoms with Crippen molar-refractivity contribution in [1.29, 1.82) is 0 Å². The largest absolute Gasteiger partial charge is 0.412 e. The number of nitrogens with one attached hydrogen (secondary N) is 1. The molecule has 26 heavy (non-hydrogen) atoms. The van der Waals surface area contributed by atoms with Crippen LogP contribution in [0, 0.1) is 0 Å². The molecule has 0 aliphatic carbocycles. The molecule has 0 amide bonds. The number of rotatable bonds is 3. The number of pyridine rings is 1. The number of nitrogens with zero attached hydrogens (tertiary/aromatic N) is 2. The number of ether oxygens (including phenoxy) is 1. The molecule has 9 heteroatoms. The molecular weight excluding hydrogens is 356 g/mol. The van der Waals surface area contributed by atoms with Crippen molar-refractivity contribution in [3.63, 3.8) is 0 Å². The van der Waals surface area contributed by atoms with Gasteiger partial charge in [-0.15, -0.1) is 0 Å². The highest BCUT2D eigenvalue weighted by Crippen LogP contribution is 2.30. The van der Waals surface area contributed by atoms with Crippen LogP contribution in [0.3, 0.4) is 0 Å². The van der Waals surface area contributed by atoms with Gasteiger partial charge in [-0.2, -0.15) is 5.10 Å². The third-order valence-electron chi connectivity index (χ3n) is 4.38. The molecule has 2 aromatic heterocycles. The number of hydrogen-bond donors (Lipinski definition) is 2. The number of nitrogens with two attached hydrogens (primary N) is 1. The Balaban J connectivity index is 0.00000121. The zero-order valence-electron chi connectivity index (χ0n) is 14.1. The topological polar surface area (TPSA) is 149 Å². The van der Waals surface area contributed by atoms with Crippen molar-refractivity contribution in [2.75, 3.05) is 13.2 Å². The number of benzene rings is 1. The molecule has 7 N–H and O–H groups in total. The second kappa shape index (κ2) is 8.47. The van der Waals surface area contributed by atoms with Crippen molar-refractivity contribution in [2.45, 2.75) is 23.8 Å². The van der Waals surface area contributed by atoms with Gasteiger partial charge in [-0.3, -0.25) is 14.6 Å². The summed E-state index contributed by atoms with van der Waals surface area (Å²) in [6.07, 6.45) is 3.68. The van der Waals surface area contributed by atoms with E-state index < -0.39 is 0 Å². The van der Waals surface area contributed by atoms with E-state index in [0.29, 0.717) is 17.7 Å². The number of H-pyrrole nitrogens is 1. The first kappa shape index (κ1) is 20.1. The lowest BCUT2D eigenvalue weighted by atomic mass is 10.1. The normalized spacial score (nSPS) is 16.7. The van der Waals surface area contributed by atoms with E-state index in [-0.39, 0.29) is 22.6 Å². The minimum atomic E-state index is -0.122. The van der Waals surface area contributed by atoms with Crippen LogP contribution in [-0.2, 0) is 4.74 Å². The Labute approximate surface area is 154 Å². The van der Waals surface area contributed by atoms with Crippen molar-refractivity contribution in [2.24, 2.45) is 5.14 Å². The summed E-state index contributed by atoms with van der Waals surface area (Å²) in [5, 5.41) is 11.0. The average Bonchev–Trinajstić information content (AvgIpc) is 3.04. The first-order valence-electron chi connectivity index (χ1n) is 7.93. The molecule has 140 valence electrons. The summed E-state index contributed by atoms with van der Waals surface area (Å²) < 4.78 is 7.55. The molecule has 1 aliphatic rings. The van der Waals surface area contributed by atoms with E-state index in [2.05, 4.69) is 4.98 Å². The van der Waals surface area contributed by atoms with Gasteiger partial charge in [0.25, 0.3) is 5.56 Å². The summed E-state index contributed by atoms with van der Waals surface area (Å²) in [6, 6.07) is 9.84. The van der Waals surface area contributed by atoms with Gasteiger partial charge in [-0.1, -0.05) is 12.1 Å². The van der Waals surface area contributed by atoms with Crippen LogP contribution in [0.25, 0.3) is 22.2 Å². The van der Waals surface area contributed by atoms with E-state index in [4.69, 9.17) is 15.0 Å². The van der Waals surface area contributed by atoms with Crippen molar-refractivity contribution in [3.8, 4) is 11.3 Å². The highest BCUT2D eigenvalue weighted by molar-refractivity contribution is 7.97. The standard InChI is InChI=1S/C17H18N4O2S.2H2O/c18-24-13-5-3-11(4-6-13)16-15-14(7-8-19-17(15)22)21(20-16)12-2-1-9-23-10-12;;/h3-8,12H,1-2,9-10,18H2,(H,19,22);2*1H2. The monoisotopic (exact) mass is 378 g/mol. The molecule has 0 bridgehead atoms. The number of hydrogen-bond acceptors (Lipinski definition) is 5. The van der Waals surface area contributed by atoms with Gasteiger partial charge < -0.3 is 20.7 Å². The van der Waals surface area contributed by atoms with E-state index >= 15 is 0 Å². The molecule has 3 heterocycles. The quantitative estimate of drug-likeness (QED) is 0.653. The number of fused-ring (bicyclic) bond motifs is 1. The lowest BCUT2D eigenvalue weighted by Gasteiger charge is -2.23. The van der Waals surface area contributed by atoms with Crippen molar-refractivity contribution in [1.82, 2.24) is 14.8 Å². The van der Waals surface area contributed by atoms with Crippen LogP contribution in [0.1, 0.15) is 18.9 Å². The highest BCUT2D eigenvalue weighted by atomic mass is 32.2. The Morgan fingerprint density at radius 3 is 2.65 bits per heavy atom. The fourth-order valence-electron chi connectivity index (χ4n) is 3.19. The van der Waals surface area contributed by atoms with Gasteiger partial charge in [0.15, 0.2) is 0 Å². The first-order valence-corrected chi connectivity index (χ1v) is 8.80. The molecule has 1 saturated heterocycles. The first-order chi connectivity index (χ1) is 11.8. The molecule has 8 nitrogen and oxygen atoms in total. The molecule has 1 aliphatic heterocycles. The Hall–Kier alpha value is -2.17. The van der Waals surface area contributed by atoms with E-state index in [9.17, 15) is 4.79 Å². The van der Waals surface area contributed by atoms with Gasteiger partial charge in [-0.25, -0.2) is 0 Å². The van der Waals surface area contributed by atoms with E-state index in [1.54, 1.807) is 6.20 Å². The Morgan fingerprint density at radius 1 is 1.23 bits per heavy atom. The van der Waals surface area contributed by atoms with Crippen LogP contribution < -0.4 is 10.7 Å². The van der Waals surface area contributed by atoms with Crippen LogP contribution in [0.5, 0.6) is 0 Å². The summed E-state index contributed by atoms with van der Waals surface area (Å²) in [5.41, 5.74) is 2.33. The van der Waals surface area contributed by atoms with Gasteiger partial charge in [0.1, 0.15) is 5.69 Å². The molecule has 0 spiro atoms. The third kappa shape index (κ3) is 3.53. The molecule has 1 aromatic carbocycles. The van der Waals surface area contributed by atoms with Crippen molar-refractivity contribution >= 4 is 22.9 Å². The minimum absolute atomic E-state index is 0. The summed E-state index contributed by atoms with van der Waals surface area (Å²) in [4.78, 5) is 16.2. The molecule has 3 aromatic rings. The van der Waals surface area contributed by atoms with Crippen LogP contribution in [-0.4, -0.2) is 38.9 Å². The van der Waals surface area contributed by atoms with E-state index in [1.807, 2.05) is 35.0 Å². The van der Waals surface area contributed by atoms with E-state index in [1.165, 1.54) is 11.9 Å². The second-order valence-corrected chi connectivity index (χ2v) is 6.58. The maximum Gasteiger partial charge on any atom is 0.259 e. The molecule has 1 unspecified atom stereocenters. The predicted molar refractivity (Wildman–Crippen MR) is 102 cm³/mol. The number of aromatic nitrogens is 3. The smallest absolute Gasteiger partial charge is 0.259 e. The highest BCUT2D eigenvalue weighted by Gasteiger charge is 2.22. The fraction of sp³-hybridized carbons (Fsp3) is 0.294. The van der Waals surface area contributed by atoms with Crippen LogP contribution in [0.4, 0.5) is 0 Å².